The number of amides is 1. The van der Waals surface area contributed by atoms with E-state index in [-0.39, 0.29) is 23.5 Å². The highest BCUT2D eigenvalue weighted by Crippen LogP contribution is 2.19. The van der Waals surface area contributed by atoms with Gasteiger partial charge in [-0.3, -0.25) is 9.52 Å². The molecule has 0 saturated heterocycles. The molecular formula is C19H24N2O4S. The summed E-state index contributed by atoms with van der Waals surface area (Å²) in [6, 6.07) is 13.2. The van der Waals surface area contributed by atoms with Crippen molar-refractivity contribution >= 4 is 21.6 Å². The topological polar surface area (TPSA) is 84.5 Å². The molecule has 2 aromatic rings. The van der Waals surface area contributed by atoms with Crippen LogP contribution in [0.15, 0.2) is 53.4 Å². The van der Waals surface area contributed by atoms with Crippen LogP contribution < -0.4 is 14.8 Å². The first-order chi connectivity index (χ1) is 12.3. The number of nitrogens with one attached hydrogen (secondary N) is 2. The predicted octanol–water partition coefficient (Wildman–Crippen LogP) is 3.09. The van der Waals surface area contributed by atoms with E-state index >= 15 is 0 Å². The molecule has 7 heteroatoms. The van der Waals surface area contributed by atoms with E-state index in [1.165, 1.54) is 24.3 Å². The zero-order chi connectivity index (χ0) is 19.2. The highest BCUT2D eigenvalue weighted by Gasteiger charge is 2.14. The van der Waals surface area contributed by atoms with E-state index in [9.17, 15) is 13.2 Å². The molecule has 26 heavy (non-hydrogen) atoms. The number of aryl methyl sites for hydroxylation is 1. The van der Waals surface area contributed by atoms with Gasteiger partial charge in [-0.05, 0) is 62.2 Å². The Morgan fingerprint density at radius 2 is 1.85 bits per heavy atom. The van der Waals surface area contributed by atoms with E-state index in [0.29, 0.717) is 11.4 Å². The van der Waals surface area contributed by atoms with Crippen molar-refractivity contribution in [1.82, 2.24) is 5.32 Å². The molecule has 1 atom stereocenters. The van der Waals surface area contributed by atoms with Crippen LogP contribution in [-0.4, -0.2) is 27.0 Å². The number of carbonyl (C=O) groups excluding carboxylic acids is 1. The monoisotopic (exact) mass is 376 g/mol. The van der Waals surface area contributed by atoms with Crippen LogP contribution in [-0.2, 0) is 14.8 Å². The fraction of sp³-hybridized carbons (Fsp3) is 0.316. The van der Waals surface area contributed by atoms with E-state index in [2.05, 4.69) is 10.0 Å². The molecule has 0 fully saturated rings. The van der Waals surface area contributed by atoms with Crippen LogP contribution in [0.4, 0.5) is 5.69 Å². The van der Waals surface area contributed by atoms with Crippen molar-refractivity contribution in [1.29, 1.82) is 0 Å². The fourth-order valence-corrected chi connectivity index (χ4v) is 3.25. The molecule has 1 unspecified atom stereocenters. The molecule has 0 aliphatic carbocycles. The maximum atomic E-state index is 12.4. The minimum absolute atomic E-state index is 0.0892. The molecule has 0 heterocycles. The minimum Gasteiger partial charge on any atom is -0.484 e. The van der Waals surface area contributed by atoms with Gasteiger partial charge in [0.25, 0.3) is 15.9 Å². The molecule has 0 bridgehead atoms. The number of ether oxygens (including phenoxy) is 1. The van der Waals surface area contributed by atoms with Crippen LogP contribution in [0, 0.1) is 6.92 Å². The van der Waals surface area contributed by atoms with Crippen LogP contribution >= 0.6 is 0 Å². The Morgan fingerprint density at radius 3 is 2.46 bits per heavy atom. The fourth-order valence-electron chi connectivity index (χ4n) is 2.21. The Morgan fingerprint density at radius 1 is 1.15 bits per heavy atom. The number of hydrogen-bond acceptors (Lipinski definition) is 4. The van der Waals surface area contributed by atoms with Crippen molar-refractivity contribution in [2.75, 3.05) is 11.3 Å². The molecule has 0 spiro atoms. The number of carbonyl (C=O) groups is 1. The number of benzene rings is 2. The molecule has 2 N–H and O–H groups in total. The summed E-state index contributed by atoms with van der Waals surface area (Å²) < 4.78 is 32.8. The second-order valence-corrected chi connectivity index (χ2v) is 7.79. The summed E-state index contributed by atoms with van der Waals surface area (Å²) in [6.45, 7) is 5.67. The number of rotatable bonds is 8. The van der Waals surface area contributed by atoms with Gasteiger partial charge in [0.05, 0.1) is 4.90 Å². The average molecular weight is 376 g/mol. The van der Waals surface area contributed by atoms with E-state index in [0.717, 1.165) is 12.0 Å². The zero-order valence-corrected chi connectivity index (χ0v) is 16.0. The first-order valence-electron chi connectivity index (χ1n) is 8.42. The van der Waals surface area contributed by atoms with E-state index < -0.39 is 10.0 Å². The number of hydrogen-bond donors (Lipinski definition) is 2. The molecule has 6 nitrogen and oxygen atoms in total. The highest BCUT2D eigenvalue weighted by molar-refractivity contribution is 7.92. The maximum absolute atomic E-state index is 12.4. The van der Waals surface area contributed by atoms with E-state index in [4.69, 9.17) is 4.74 Å². The lowest BCUT2D eigenvalue weighted by molar-refractivity contribution is -0.123. The van der Waals surface area contributed by atoms with Crippen molar-refractivity contribution in [2.45, 2.75) is 38.1 Å². The maximum Gasteiger partial charge on any atom is 0.261 e. The lowest BCUT2D eigenvalue weighted by Crippen LogP contribution is -2.35. The molecular weight excluding hydrogens is 352 g/mol. The van der Waals surface area contributed by atoms with Gasteiger partial charge in [-0.1, -0.05) is 19.1 Å². The summed E-state index contributed by atoms with van der Waals surface area (Å²) in [7, 11) is -3.68. The average Bonchev–Trinajstić information content (AvgIpc) is 2.60. The highest BCUT2D eigenvalue weighted by atomic mass is 32.2. The molecule has 2 aromatic carbocycles. The second kappa shape index (κ2) is 8.71. The quantitative estimate of drug-likeness (QED) is 0.741. The molecule has 0 aliphatic rings. The van der Waals surface area contributed by atoms with Crippen molar-refractivity contribution in [2.24, 2.45) is 0 Å². The molecule has 140 valence electrons. The van der Waals surface area contributed by atoms with Gasteiger partial charge in [-0.2, -0.15) is 0 Å². The van der Waals surface area contributed by atoms with Gasteiger partial charge in [0, 0.05) is 11.7 Å². The van der Waals surface area contributed by atoms with Gasteiger partial charge in [-0.15, -0.1) is 0 Å². The van der Waals surface area contributed by atoms with Crippen LogP contribution in [0.2, 0.25) is 0 Å². The predicted molar refractivity (Wildman–Crippen MR) is 102 cm³/mol. The van der Waals surface area contributed by atoms with Gasteiger partial charge in [0.1, 0.15) is 5.75 Å². The molecule has 0 aromatic heterocycles. The Balaban J connectivity index is 1.98. The van der Waals surface area contributed by atoms with E-state index in [1.54, 1.807) is 18.2 Å². The van der Waals surface area contributed by atoms with E-state index in [1.807, 2.05) is 26.8 Å². The Bertz CT molecular complexity index is 848. The lowest BCUT2D eigenvalue weighted by atomic mass is 10.2. The summed E-state index contributed by atoms with van der Waals surface area (Å²) in [6.07, 6.45) is 0.840. The Labute approximate surface area is 154 Å². The summed E-state index contributed by atoms with van der Waals surface area (Å²) in [5.41, 5.74) is 1.47. The summed E-state index contributed by atoms with van der Waals surface area (Å²) >= 11 is 0. The van der Waals surface area contributed by atoms with Gasteiger partial charge in [0.15, 0.2) is 6.61 Å². The standard InChI is InChI=1S/C19H24N2O4S/c1-4-15(3)20-19(22)13-25-17-8-10-18(11-9-17)26(23,24)21-16-7-5-6-14(2)12-16/h5-12,15,21H,4,13H2,1-3H3,(H,20,22). The molecule has 0 aliphatic heterocycles. The molecule has 2 rings (SSSR count). The number of sulfonamides is 1. The molecule has 1 amide bonds. The van der Waals surface area contributed by atoms with Gasteiger partial charge < -0.3 is 10.1 Å². The van der Waals surface area contributed by atoms with Crippen molar-refractivity contribution < 1.29 is 17.9 Å². The van der Waals surface area contributed by atoms with Crippen LogP contribution in [0.3, 0.4) is 0 Å². The van der Waals surface area contributed by atoms with Crippen LogP contribution in [0.1, 0.15) is 25.8 Å². The largest absolute Gasteiger partial charge is 0.484 e. The second-order valence-electron chi connectivity index (χ2n) is 6.11. The van der Waals surface area contributed by atoms with Crippen LogP contribution in [0.25, 0.3) is 0 Å². The van der Waals surface area contributed by atoms with Gasteiger partial charge >= 0.3 is 0 Å². The SMILES string of the molecule is CCC(C)NC(=O)COc1ccc(S(=O)(=O)Nc2cccc(C)c2)cc1. The smallest absolute Gasteiger partial charge is 0.261 e. The first-order valence-corrected chi connectivity index (χ1v) is 9.90. The van der Waals surface area contributed by atoms with Crippen molar-refractivity contribution in [3.05, 3.63) is 54.1 Å². The Hall–Kier alpha value is -2.54. The van der Waals surface area contributed by atoms with Crippen molar-refractivity contribution in [3.63, 3.8) is 0 Å². The normalized spacial score (nSPS) is 12.3. The summed E-state index contributed by atoms with van der Waals surface area (Å²) in [5, 5.41) is 2.80. The summed E-state index contributed by atoms with van der Waals surface area (Å²) in [4.78, 5) is 11.8. The summed E-state index contributed by atoms with van der Waals surface area (Å²) in [5.74, 6) is 0.218. The minimum atomic E-state index is -3.68. The third-order valence-electron chi connectivity index (χ3n) is 3.79. The third kappa shape index (κ3) is 5.77. The number of anilines is 1. The van der Waals surface area contributed by atoms with Crippen molar-refractivity contribution in [3.8, 4) is 5.75 Å². The van der Waals surface area contributed by atoms with Gasteiger partial charge in [0.2, 0.25) is 0 Å². The molecule has 0 radical (unpaired) electrons. The molecule has 0 saturated carbocycles. The zero-order valence-electron chi connectivity index (χ0n) is 15.2. The Kier molecular flexibility index (Phi) is 6.63. The van der Waals surface area contributed by atoms with Gasteiger partial charge in [-0.25, -0.2) is 8.42 Å². The first kappa shape index (κ1) is 19.8. The third-order valence-corrected chi connectivity index (χ3v) is 5.19. The van der Waals surface area contributed by atoms with Crippen LogP contribution in [0.5, 0.6) is 5.75 Å². The lowest BCUT2D eigenvalue weighted by Gasteiger charge is -2.12.